The first kappa shape index (κ1) is 25.1. The van der Waals surface area contributed by atoms with Gasteiger partial charge in [0, 0.05) is 16.5 Å². The number of rotatable bonds is 3. The van der Waals surface area contributed by atoms with Crippen molar-refractivity contribution in [2.75, 3.05) is 0 Å². The van der Waals surface area contributed by atoms with Crippen molar-refractivity contribution in [3.05, 3.63) is 192 Å². The van der Waals surface area contributed by atoms with Gasteiger partial charge in [-0.25, -0.2) is 9.97 Å². The summed E-state index contributed by atoms with van der Waals surface area (Å²) in [5.41, 5.74) is 15.4. The van der Waals surface area contributed by atoms with Crippen LogP contribution in [0.25, 0.3) is 66.9 Å². The summed E-state index contributed by atoms with van der Waals surface area (Å²) < 4.78 is 8.75. The maximum absolute atomic E-state index is 8.75. The lowest BCUT2D eigenvalue weighted by Crippen LogP contribution is -2.25. The van der Waals surface area contributed by atoms with E-state index < -0.39 is 5.41 Å². The Morgan fingerprint density at radius 3 is 1.77 bits per heavy atom. The zero-order chi connectivity index (χ0) is 31.8. The fourth-order valence-corrected chi connectivity index (χ4v) is 8.15. The summed E-state index contributed by atoms with van der Waals surface area (Å²) in [4.78, 5) is 10.6. The Kier molecular flexibility index (Phi) is 5.31. The van der Waals surface area contributed by atoms with E-state index in [4.69, 9.17) is 11.3 Å². The molecular formula is C45H28N2. The standard InChI is InChI=1S/C45H28N2/c1-2-14-29(15-3-1)30-16-12-17-31(28-30)43-35-21-7-11-27-41(35)46-44(47-43)36-22-13-26-40-42(36)34-20-6-10-25-39(34)45(40)37-23-8-4-18-32(37)33-19-5-9-24-38(33)45/h1-28H/i12D. The molecule has 2 aliphatic rings. The highest BCUT2D eigenvalue weighted by Crippen LogP contribution is 2.63. The predicted molar refractivity (Wildman–Crippen MR) is 192 cm³/mol. The van der Waals surface area contributed by atoms with E-state index in [-0.39, 0.29) is 0 Å². The van der Waals surface area contributed by atoms with E-state index in [0.29, 0.717) is 11.9 Å². The maximum atomic E-state index is 8.75. The van der Waals surface area contributed by atoms with Crippen LogP contribution in [0, 0.1) is 0 Å². The van der Waals surface area contributed by atoms with Crippen LogP contribution in [0.2, 0.25) is 0 Å². The van der Waals surface area contributed by atoms with Crippen molar-refractivity contribution in [1.29, 1.82) is 0 Å². The molecule has 218 valence electrons. The van der Waals surface area contributed by atoms with Gasteiger partial charge in [0.1, 0.15) is 0 Å². The maximum Gasteiger partial charge on any atom is 0.161 e. The van der Waals surface area contributed by atoms with E-state index in [9.17, 15) is 0 Å². The van der Waals surface area contributed by atoms with E-state index in [1.807, 2.05) is 42.5 Å². The lowest BCUT2D eigenvalue weighted by molar-refractivity contribution is 0.794. The van der Waals surface area contributed by atoms with Crippen molar-refractivity contribution >= 4 is 10.9 Å². The van der Waals surface area contributed by atoms with Crippen LogP contribution < -0.4 is 0 Å². The Bertz CT molecular complexity index is 2540. The van der Waals surface area contributed by atoms with Crippen LogP contribution in [0.3, 0.4) is 0 Å². The molecule has 10 rings (SSSR count). The van der Waals surface area contributed by atoms with E-state index in [1.165, 1.54) is 44.5 Å². The van der Waals surface area contributed by atoms with Crippen LogP contribution in [0.1, 0.15) is 23.6 Å². The zero-order valence-corrected chi connectivity index (χ0v) is 25.5. The third-order valence-corrected chi connectivity index (χ3v) is 10.0. The molecule has 2 nitrogen and oxygen atoms in total. The van der Waals surface area contributed by atoms with Crippen molar-refractivity contribution in [2.45, 2.75) is 5.41 Å². The predicted octanol–water partition coefficient (Wildman–Crippen LogP) is 11.0. The Labute approximate surface area is 275 Å². The molecule has 1 heterocycles. The molecule has 1 spiro atoms. The molecule has 0 bridgehead atoms. The summed E-state index contributed by atoms with van der Waals surface area (Å²) in [6.07, 6.45) is 0. The number of fused-ring (bicyclic) bond motifs is 11. The number of para-hydroxylation sites is 1. The SMILES string of the molecule is [2H]c1cc(-c2ccccc2)cc(-c2nc(-c3cccc4c3-c3ccccc3C43c4ccccc4-c4ccccc43)nc3ccccc23)c1. The largest absolute Gasteiger partial charge is 0.228 e. The third-order valence-electron chi connectivity index (χ3n) is 10.0. The second kappa shape index (κ2) is 9.94. The average Bonchev–Trinajstić information content (AvgIpc) is 3.62. The second-order valence-electron chi connectivity index (χ2n) is 12.4. The Morgan fingerprint density at radius 2 is 1.00 bits per heavy atom. The molecule has 1 aromatic heterocycles. The second-order valence-corrected chi connectivity index (χ2v) is 12.4. The minimum absolute atomic E-state index is 0.432. The number of benzene rings is 7. The van der Waals surface area contributed by atoms with E-state index in [1.54, 1.807) is 0 Å². The third kappa shape index (κ3) is 3.61. The number of aromatic nitrogens is 2. The van der Waals surface area contributed by atoms with Crippen LogP contribution >= 0.6 is 0 Å². The molecule has 0 saturated heterocycles. The summed E-state index contributed by atoms with van der Waals surface area (Å²) in [5.74, 6) is 0.684. The summed E-state index contributed by atoms with van der Waals surface area (Å²) >= 11 is 0. The summed E-state index contributed by atoms with van der Waals surface area (Å²) in [6.45, 7) is 0. The molecule has 0 saturated carbocycles. The van der Waals surface area contributed by atoms with Crippen molar-refractivity contribution in [2.24, 2.45) is 0 Å². The minimum Gasteiger partial charge on any atom is -0.228 e. The highest BCUT2D eigenvalue weighted by Gasteiger charge is 2.52. The van der Waals surface area contributed by atoms with Gasteiger partial charge in [-0.3, -0.25) is 0 Å². The van der Waals surface area contributed by atoms with Gasteiger partial charge in [0.15, 0.2) is 5.82 Å². The number of hydrogen-bond donors (Lipinski definition) is 0. The van der Waals surface area contributed by atoms with Gasteiger partial charge in [-0.1, -0.05) is 158 Å². The summed E-state index contributed by atoms with van der Waals surface area (Å²) in [5, 5.41) is 0.967. The van der Waals surface area contributed by atoms with Crippen molar-refractivity contribution in [1.82, 2.24) is 9.97 Å². The molecule has 0 radical (unpaired) electrons. The summed E-state index contributed by atoms with van der Waals surface area (Å²) in [7, 11) is 0. The molecule has 0 amide bonds. The smallest absolute Gasteiger partial charge is 0.161 e. The molecule has 47 heavy (non-hydrogen) atoms. The zero-order valence-electron chi connectivity index (χ0n) is 26.5. The average molecular weight is 598 g/mol. The molecule has 8 aromatic rings. The Morgan fingerprint density at radius 1 is 0.426 bits per heavy atom. The lowest BCUT2D eigenvalue weighted by Gasteiger charge is -2.30. The Hall–Kier alpha value is -6.12. The fourth-order valence-electron chi connectivity index (χ4n) is 8.15. The first-order valence-electron chi connectivity index (χ1n) is 16.6. The first-order chi connectivity index (χ1) is 23.7. The van der Waals surface area contributed by atoms with Gasteiger partial charge in [-0.15, -0.1) is 0 Å². The van der Waals surface area contributed by atoms with Gasteiger partial charge in [0.25, 0.3) is 0 Å². The highest BCUT2D eigenvalue weighted by molar-refractivity contribution is 6.01. The summed E-state index contributed by atoms with van der Waals surface area (Å²) in [6, 6.07) is 58.2. The van der Waals surface area contributed by atoms with Gasteiger partial charge >= 0.3 is 0 Å². The van der Waals surface area contributed by atoms with Crippen LogP contribution in [0.4, 0.5) is 0 Å². The van der Waals surface area contributed by atoms with Gasteiger partial charge in [0.05, 0.1) is 18.0 Å². The normalized spacial score (nSPS) is 13.6. The molecular weight excluding hydrogens is 569 g/mol. The van der Waals surface area contributed by atoms with E-state index in [0.717, 1.165) is 38.9 Å². The number of nitrogens with zero attached hydrogens (tertiary/aromatic N) is 2. The molecule has 0 aliphatic heterocycles. The molecule has 7 aromatic carbocycles. The molecule has 0 fully saturated rings. The van der Waals surface area contributed by atoms with Crippen LogP contribution in [-0.4, -0.2) is 9.97 Å². The van der Waals surface area contributed by atoms with Crippen molar-refractivity contribution in [3.63, 3.8) is 0 Å². The fraction of sp³-hybridized carbons (Fsp3) is 0.0222. The van der Waals surface area contributed by atoms with Gasteiger partial charge < -0.3 is 0 Å². The minimum atomic E-state index is -0.432. The van der Waals surface area contributed by atoms with Crippen molar-refractivity contribution < 1.29 is 1.37 Å². The molecule has 2 aliphatic carbocycles. The number of hydrogen-bond acceptors (Lipinski definition) is 2. The quantitative estimate of drug-likeness (QED) is 0.202. The van der Waals surface area contributed by atoms with E-state index >= 15 is 0 Å². The van der Waals surface area contributed by atoms with Gasteiger partial charge in [-0.2, -0.15) is 0 Å². The Balaban J connectivity index is 1.26. The van der Waals surface area contributed by atoms with Gasteiger partial charge in [-0.05, 0) is 67.8 Å². The molecule has 2 heteroatoms. The van der Waals surface area contributed by atoms with Crippen molar-refractivity contribution in [3.8, 4) is 56.0 Å². The van der Waals surface area contributed by atoms with Crippen LogP contribution in [-0.2, 0) is 5.41 Å². The lowest BCUT2D eigenvalue weighted by atomic mass is 9.70. The molecule has 0 N–H and O–H groups in total. The molecule has 0 atom stereocenters. The van der Waals surface area contributed by atoms with Crippen LogP contribution in [0.15, 0.2) is 170 Å². The topological polar surface area (TPSA) is 25.8 Å². The monoisotopic (exact) mass is 597 g/mol. The molecule has 0 unspecified atom stereocenters. The first-order valence-corrected chi connectivity index (χ1v) is 16.1. The van der Waals surface area contributed by atoms with Crippen LogP contribution in [0.5, 0.6) is 0 Å². The van der Waals surface area contributed by atoms with E-state index in [2.05, 4.69) is 121 Å². The highest BCUT2D eigenvalue weighted by atomic mass is 14.9. The van der Waals surface area contributed by atoms with Gasteiger partial charge in [0.2, 0.25) is 0 Å².